The number of benzene rings is 1. The van der Waals surface area contributed by atoms with Crippen LogP contribution in [0.5, 0.6) is 0 Å². The second-order valence-corrected chi connectivity index (χ2v) is 6.75. The van der Waals surface area contributed by atoms with E-state index in [0.29, 0.717) is 30.2 Å². The Labute approximate surface area is 143 Å². The van der Waals surface area contributed by atoms with Crippen molar-refractivity contribution < 1.29 is 9.59 Å². The zero-order valence-electron chi connectivity index (χ0n) is 12.3. The van der Waals surface area contributed by atoms with E-state index in [1.165, 1.54) is 11.3 Å². The third-order valence-corrected chi connectivity index (χ3v) is 5.07. The molecule has 5 nitrogen and oxygen atoms in total. The number of piperazine rings is 1. The smallest absolute Gasteiger partial charge is 0.249 e. The molecule has 3 N–H and O–H groups in total. The molecule has 1 aromatic heterocycles. The van der Waals surface area contributed by atoms with Crippen LogP contribution in [0, 0.1) is 0 Å². The summed E-state index contributed by atoms with van der Waals surface area (Å²) in [6, 6.07) is 8.72. The fourth-order valence-electron chi connectivity index (χ4n) is 2.71. The van der Waals surface area contributed by atoms with Crippen molar-refractivity contribution in [3.63, 3.8) is 0 Å². The number of nitrogens with one attached hydrogen (secondary N) is 1. The predicted octanol–water partition coefficient (Wildman–Crippen LogP) is 2.17. The van der Waals surface area contributed by atoms with Gasteiger partial charge in [0.15, 0.2) is 0 Å². The number of nitrogens with zero attached hydrogens (tertiary/aromatic N) is 1. The Hall–Kier alpha value is -1.89. The number of nitrogens with two attached hydrogens (primary N) is 1. The first kappa shape index (κ1) is 16.0. The van der Waals surface area contributed by atoms with Gasteiger partial charge in [-0.05, 0) is 17.7 Å². The van der Waals surface area contributed by atoms with Crippen molar-refractivity contribution in [1.29, 1.82) is 0 Å². The summed E-state index contributed by atoms with van der Waals surface area (Å²) in [5.41, 5.74) is 6.58. The Morgan fingerprint density at radius 2 is 2.22 bits per heavy atom. The van der Waals surface area contributed by atoms with Gasteiger partial charge in [0.2, 0.25) is 11.8 Å². The highest BCUT2D eigenvalue weighted by molar-refractivity contribution is 7.10. The van der Waals surface area contributed by atoms with Gasteiger partial charge in [-0.2, -0.15) is 0 Å². The number of hydrogen-bond donors (Lipinski definition) is 2. The van der Waals surface area contributed by atoms with E-state index in [1.807, 2.05) is 18.2 Å². The van der Waals surface area contributed by atoms with Crippen molar-refractivity contribution in [2.45, 2.75) is 12.6 Å². The Bertz CT molecular complexity index is 746. The molecular weight excluding hydrogens is 334 g/mol. The van der Waals surface area contributed by atoms with Crippen LogP contribution < -0.4 is 11.1 Å². The quantitative estimate of drug-likeness (QED) is 0.888. The minimum atomic E-state index is -0.438. The number of thiophene rings is 1. The van der Waals surface area contributed by atoms with Crippen LogP contribution in [0.3, 0.4) is 0 Å². The van der Waals surface area contributed by atoms with Crippen LogP contribution >= 0.6 is 22.9 Å². The molecule has 1 unspecified atom stereocenters. The average molecular weight is 350 g/mol. The standard InChI is InChI=1S/C16H16ClN3O2S/c17-13-4-2-1-3-12(13)14-16(22)19-5-6-20(14)8-11-7-10(9-23-11)15(18)21/h1-4,7,9,14H,5-6,8H2,(H2,18,21)(H,19,22). The minimum absolute atomic E-state index is 0.0592. The fraction of sp³-hybridized carbons (Fsp3) is 0.250. The lowest BCUT2D eigenvalue weighted by atomic mass is 10.0. The first-order chi connectivity index (χ1) is 11.1. The van der Waals surface area contributed by atoms with E-state index < -0.39 is 11.9 Å². The number of halogens is 1. The van der Waals surface area contributed by atoms with E-state index in [9.17, 15) is 9.59 Å². The van der Waals surface area contributed by atoms with Gasteiger partial charge in [-0.25, -0.2) is 0 Å². The van der Waals surface area contributed by atoms with E-state index in [0.717, 1.165) is 10.4 Å². The zero-order chi connectivity index (χ0) is 16.4. The molecule has 1 aliphatic rings. The van der Waals surface area contributed by atoms with Gasteiger partial charge in [-0.15, -0.1) is 11.3 Å². The normalized spacial score (nSPS) is 18.7. The summed E-state index contributed by atoms with van der Waals surface area (Å²) in [7, 11) is 0. The SMILES string of the molecule is NC(=O)c1csc(CN2CCNC(=O)C2c2ccccc2Cl)c1. The molecule has 3 rings (SSSR count). The van der Waals surface area contributed by atoms with Gasteiger partial charge in [0.25, 0.3) is 0 Å². The molecule has 23 heavy (non-hydrogen) atoms. The summed E-state index contributed by atoms with van der Waals surface area (Å²) in [6.45, 7) is 1.88. The number of carbonyl (C=O) groups is 2. The summed E-state index contributed by atoms with van der Waals surface area (Å²) in [6.07, 6.45) is 0. The molecule has 0 spiro atoms. The molecule has 0 aliphatic carbocycles. The van der Waals surface area contributed by atoms with Crippen LogP contribution in [0.25, 0.3) is 0 Å². The van der Waals surface area contributed by atoms with Crippen LogP contribution in [0.1, 0.15) is 26.8 Å². The molecule has 1 fully saturated rings. The predicted molar refractivity (Wildman–Crippen MR) is 90.4 cm³/mol. The van der Waals surface area contributed by atoms with E-state index in [4.69, 9.17) is 17.3 Å². The molecular formula is C16H16ClN3O2S. The Balaban J connectivity index is 1.87. The molecule has 2 heterocycles. The maximum absolute atomic E-state index is 12.4. The molecule has 2 aromatic rings. The van der Waals surface area contributed by atoms with Gasteiger partial charge < -0.3 is 11.1 Å². The summed E-state index contributed by atoms with van der Waals surface area (Å²) < 4.78 is 0. The van der Waals surface area contributed by atoms with Crippen molar-refractivity contribution in [3.05, 3.63) is 56.7 Å². The molecule has 1 atom stereocenters. The maximum atomic E-state index is 12.4. The summed E-state index contributed by atoms with van der Waals surface area (Å²) in [5, 5.41) is 5.20. The highest BCUT2D eigenvalue weighted by Crippen LogP contribution is 2.31. The molecule has 120 valence electrons. The molecule has 0 bridgehead atoms. The van der Waals surface area contributed by atoms with Crippen molar-refractivity contribution in [2.75, 3.05) is 13.1 Å². The van der Waals surface area contributed by atoms with E-state index in [2.05, 4.69) is 10.2 Å². The monoisotopic (exact) mass is 349 g/mol. The minimum Gasteiger partial charge on any atom is -0.366 e. The Morgan fingerprint density at radius 3 is 2.91 bits per heavy atom. The van der Waals surface area contributed by atoms with Gasteiger partial charge >= 0.3 is 0 Å². The van der Waals surface area contributed by atoms with Crippen molar-refractivity contribution >= 4 is 34.8 Å². The van der Waals surface area contributed by atoms with Crippen molar-refractivity contribution in [1.82, 2.24) is 10.2 Å². The average Bonchev–Trinajstić information content (AvgIpc) is 2.98. The molecule has 0 saturated carbocycles. The fourth-order valence-corrected chi connectivity index (χ4v) is 3.85. The van der Waals surface area contributed by atoms with Gasteiger partial charge in [-0.3, -0.25) is 14.5 Å². The maximum Gasteiger partial charge on any atom is 0.249 e. The molecule has 1 aliphatic heterocycles. The van der Waals surface area contributed by atoms with Crippen LogP contribution in [0.2, 0.25) is 5.02 Å². The molecule has 1 aromatic carbocycles. The van der Waals surface area contributed by atoms with Crippen molar-refractivity contribution in [3.8, 4) is 0 Å². The van der Waals surface area contributed by atoms with E-state index in [1.54, 1.807) is 17.5 Å². The third-order valence-electron chi connectivity index (χ3n) is 3.81. The number of carbonyl (C=O) groups excluding carboxylic acids is 2. The van der Waals surface area contributed by atoms with Crippen molar-refractivity contribution in [2.24, 2.45) is 5.73 Å². The molecule has 7 heteroatoms. The zero-order valence-corrected chi connectivity index (χ0v) is 13.9. The summed E-state index contributed by atoms with van der Waals surface area (Å²) in [4.78, 5) is 26.7. The number of primary amides is 1. The number of hydrogen-bond acceptors (Lipinski definition) is 4. The highest BCUT2D eigenvalue weighted by atomic mass is 35.5. The molecule has 2 amide bonds. The largest absolute Gasteiger partial charge is 0.366 e. The summed E-state index contributed by atoms with van der Waals surface area (Å²) >= 11 is 7.74. The van der Waals surface area contributed by atoms with Crippen LogP contribution in [-0.4, -0.2) is 29.8 Å². The van der Waals surface area contributed by atoms with Gasteiger partial charge in [0.05, 0.1) is 5.56 Å². The van der Waals surface area contributed by atoms with E-state index >= 15 is 0 Å². The lowest BCUT2D eigenvalue weighted by Gasteiger charge is -2.35. The van der Waals surface area contributed by atoms with Gasteiger partial charge in [-0.1, -0.05) is 29.8 Å². The highest BCUT2D eigenvalue weighted by Gasteiger charge is 2.32. The first-order valence-electron chi connectivity index (χ1n) is 7.19. The molecule has 1 saturated heterocycles. The van der Waals surface area contributed by atoms with Crippen LogP contribution in [-0.2, 0) is 11.3 Å². The van der Waals surface area contributed by atoms with Gasteiger partial charge in [0.1, 0.15) is 6.04 Å². The van der Waals surface area contributed by atoms with Crippen LogP contribution in [0.4, 0.5) is 0 Å². The lowest BCUT2D eigenvalue weighted by molar-refractivity contribution is -0.129. The number of rotatable bonds is 4. The third kappa shape index (κ3) is 3.39. The van der Waals surface area contributed by atoms with Gasteiger partial charge in [0, 0.05) is 34.9 Å². The second kappa shape index (κ2) is 6.70. The van der Waals surface area contributed by atoms with Crippen LogP contribution in [0.15, 0.2) is 35.7 Å². The Kier molecular flexibility index (Phi) is 4.66. The second-order valence-electron chi connectivity index (χ2n) is 5.35. The Morgan fingerprint density at radius 1 is 1.43 bits per heavy atom. The molecule has 0 radical (unpaired) electrons. The number of amides is 2. The lowest BCUT2D eigenvalue weighted by Crippen LogP contribution is -2.49. The van der Waals surface area contributed by atoms with E-state index in [-0.39, 0.29) is 5.91 Å². The summed E-state index contributed by atoms with van der Waals surface area (Å²) in [5.74, 6) is -0.498. The topological polar surface area (TPSA) is 75.4 Å². The first-order valence-corrected chi connectivity index (χ1v) is 8.45.